The third kappa shape index (κ3) is 3.80. The predicted molar refractivity (Wildman–Crippen MR) is 68.5 cm³/mol. The van der Waals surface area contributed by atoms with Gasteiger partial charge in [0.05, 0.1) is 17.8 Å². The zero-order chi connectivity index (χ0) is 12.8. The largest absolute Gasteiger partial charge is 0.377 e. The molecule has 0 aliphatic heterocycles. The lowest BCUT2D eigenvalue weighted by molar-refractivity contribution is 0.0315. The monoisotopic (exact) mass is 240 g/mol. The van der Waals surface area contributed by atoms with Gasteiger partial charge in [0, 0.05) is 25.8 Å². The minimum atomic E-state index is 0.120. The Morgan fingerprint density at radius 3 is 2.65 bits per heavy atom. The molecule has 5 heteroatoms. The van der Waals surface area contributed by atoms with E-state index in [4.69, 9.17) is 10.6 Å². The van der Waals surface area contributed by atoms with E-state index in [1.54, 1.807) is 0 Å². The lowest BCUT2D eigenvalue weighted by Gasteiger charge is -2.25. The van der Waals surface area contributed by atoms with Gasteiger partial charge in [-0.25, -0.2) is 0 Å². The Morgan fingerprint density at radius 2 is 2.24 bits per heavy atom. The number of ether oxygens (including phenoxy) is 1. The molecule has 0 saturated carbocycles. The molecule has 0 aliphatic carbocycles. The van der Waals surface area contributed by atoms with Gasteiger partial charge in [-0.1, -0.05) is 6.92 Å². The fourth-order valence-corrected chi connectivity index (χ4v) is 2.11. The summed E-state index contributed by atoms with van der Waals surface area (Å²) in [6.07, 6.45) is 1.91. The van der Waals surface area contributed by atoms with Crippen LogP contribution >= 0.6 is 0 Å². The van der Waals surface area contributed by atoms with Crippen LogP contribution in [0.3, 0.4) is 0 Å². The van der Waals surface area contributed by atoms with Crippen molar-refractivity contribution < 1.29 is 4.74 Å². The van der Waals surface area contributed by atoms with Crippen LogP contribution in [0, 0.1) is 6.92 Å². The number of hydrazine groups is 1. The van der Waals surface area contributed by atoms with Crippen molar-refractivity contribution in [3.8, 4) is 0 Å². The Kier molecular flexibility index (Phi) is 5.61. The predicted octanol–water partition coefficient (Wildman–Crippen LogP) is 0.918. The van der Waals surface area contributed by atoms with Crippen LogP contribution in [0.5, 0.6) is 0 Å². The fourth-order valence-electron chi connectivity index (χ4n) is 2.11. The smallest absolute Gasteiger partial charge is 0.0742 e. The fraction of sp³-hybridized carbons (Fsp3) is 0.750. The molecule has 98 valence electrons. The SMILES string of the molecule is CCOC(CC)C(Cc1cc(C)nn1C)NN. The van der Waals surface area contributed by atoms with Crippen LogP contribution in [0.1, 0.15) is 31.7 Å². The zero-order valence-electron chi connectivity index (χ0n) is 11.2. The first kappa shape index (κ1) is 14.2. The number of rotatable bonds is 7. The van der Waals surface area contributed by atoms with Crippen LogP contribution in [-0.4, -0.2) is 28.5 Å². The summed E-state index contributed by atoms with van der Waals surface area (Å²) in [5.41, 5.74) is 5.06. The van der Waals surface area contributed by atoms with Crippen molar-refractivity contribution in [1.82, 2.24) is 15.2 Å². The highest BCUT2D eigenvalue weighted by molar-refractivity contribution is 5.10. The normalized spacial score (nSPS) is 14.9. The second-order valence-corrected chi connectivity index (χ2v) is 4.28. The Balaban J connectivity index is 2.71. The summed E-state index contributed by atoms with van der Waals surface area (Å²) in [7, 11) is 1.96. The van der Waals surface area contributed by atoms with E-state index in [0.29, 0.717) is 6.61 Å². The first-order valence-electron chi connectivity index (χ1n) is 6.19. The lowest BCUT2D eigenvalue weighted by atomic mass is 10.0. The summed E-state index contributed by atoms with van der Waals surface area (Å²) in [5, 5.41) is 4.34. The first-order chi connectivity index (χ1) is 8.12. The highest BCUT2D eigenvalue weighted by Crippen LogP contribution is 2.11. The Labute approximate surface area is 103 Å². The standard InChI is InChI=1S/C12H24N4O/c1-5-12(17-6-2)11(14-13)8-10-7-9(3)15-16(10)4/h7,11-12,14H,5-6,8,13H2,1-4H3. The van der Waals surface area contributed by atoms with Crippen molar-refractivity contribution in [3.63, 3.8) is 0 Å². The average Bonchev–Trinajstić information content (AvgIpc) is 2.62. The Hall–Kier alpha value is -0.910. The van der Waals surface area contributed by atoms with Gasteiger partial charge in [0.25, 0.3) is 0 Å². The molecule has 17 heavy (non-hydrogen) atoms. The van der Waals surface area contributed by atoms with Gasteiger partial charge in [-0.05, 0) is 26.3 Å². The van der Waals surface area contributed by atoms with E-state index in [1.165, 1.54) is 5.69 Å². The lowest BCUT2D eigenvalue weighted by Crippen LogP contribution is -2.46. The minimum absolute atomic E-state index is 0.120. The topological polar surface area (TPSA) is 65.1 Å². The van der Waals surface area contributed by atoms with Crippen molar-refractivity contribution in [2.75, 3.05) is 6.61 Å². The molecule has 0 aliphatic rings. The Morgan fingerprint density at radius 1 is 1.53 bits per heavy atom. The van der Waals surface area contributed by atoms with Gasteiger partial charge in [0.1, 0.15) is 0 Å². The number of hydrogen-bond acceptors (Lipinski definition) is 4. The van der Waals surface area contributed by atoms with Crippen LogP contribution in [0.2, 0.25) is 0 Å². The maximum Gasteiger partial charge on any atom is 0.0742 e. The van der Waals surface area contributed by atoms with Crippen molar-refractivity contribution in [2.24, 2.45) is 12.9 Å². The third-order valence-corrected chi connectivity index (χ3v) is 2.97. The van der Waals surface area contributed by atoms with Gasteiger partial charge in [-0.15, -0.1) is 0 Å². The number of hydrogen-bond donors (Lipinski definition) is 2. The van der Waals surface area contributed by atoms with Crippen molar-refractivity contribution in [2.45, 2.75) is 45.8 Å². The van der Waals surface area contributed by atoms with E-state index in [-0.39, 0.29) is 12.1 Å². The van der Waals surface area contributed by atoms with E-state index in [0.717, 1.165) is 18.5 Å². The van der Waals surface area contributed by atoms with E-state index >= 15 is 0 Å². The second kappa shape index (κ2) is 6.74. The van der Waals surface area contributed by atoms with E-state index in [1.807, 2.05) is 25.6 Å². The van der Waals surface area contributed by atoms with Gasteiger partial charge in [0.2, 0.25) is 0 Å². The van der Waals surface area contributed by atoms with Crippen molar-refractivity contribution in [3.05, 3.63) is 17.5 Å². The highest BCUT2D eigenvalue weighted by atomic mass is 16.5. The number of aryl methyl sites for hydroxylation is 2. The molecule has 0 spiro atoms. The van der Waals surface area contributed by atoms with E-state index in [2.05, 4.69) is 23.5 Å². The second-order valence-electron chi connectivity index (χ2n) is 4.28. The highest BCUT2D eigenvalue weighted by Gasteiger charge is 2.20. The zero-order valence-corrected chi connectivity index (χ0v) is 11.2. The van der Waals surface area contributed by atoms with Gasteiger partial charge >= 0.3 is 0 Å². The molecule has 1 heterocycles. The van der Waals surface area contributed by atoms with Crippen LogP contribution < -0.4 is 11.3 Å². The number of nitrogens with two attached hydrogens (primary N) is 1. The minimum Gasteiger partial charge on any atom is -0.377 e. The summed E-state index contributed by atoms with van der Waals surface area (Å²) in [4.78, 5) is 0. The summed E-state index contributed by atoms with van der Waals surface area (Å²) in [6, 6.07) is 2.21. The molecule has 0 saturated heterocycles. The molecule has 0 aromatic carbocycles. The van der Waals surface area contributed by atoms with E-state index in [9.17, 15) is 0 Å². The van der Waals surface area contributed by atoms with Gasteiger partial charge in [-0.3, -0.25) is 16.0 Å². The maximum atomic E-state index is 5.69. The molecule has 3 N–H and O–H groups in total. The number of nitrogens with zero attached hydrogens (tertiary/aromatic N) is 2. The number of nitrogens with one attached hydrogen (secondary N) is 1. The molecule has 0 fully saturated rings. The summed E-state index contributed by atoms with van der Waals surface area (Å²) in [6.45, 7) is 6.82. The summed E-state index contributed by atoms with van der Waals surface area (Å²) < 4.78 is 7.59. The third-order valence-electron chi connectivity index (χ3n) is 2.97. The van der Waals surface area contributed by atoms with Crippen LogP contribution in [-0.2, 0) is 18.2 Å². The Bertz CT molecular complexity index is 337. The van der Waals surface area contributed by atoms with Crippen LogP contribution in [0.15, 0.2) is 6.07 Å². The van der Waals surface area contributed by atoms with Crippen molar-refractivity contribution in [1.29, 1.82) is 0 Å². The molecule has 5 nitrogen and oxygen atoms in total. The molecule has 2 unspecified atom stereocenters. The molecule has 0 amide bonds. The molecule has 1 aromatic heterocycles. The van der Waals surface area contributed by atoms with E-state index < -0.39 is 0 Å². The molecule has 0 radical (unpaired) electrons. The molecule has 0 bridgehead atoms. The quantitative estimate of drug-likeness (QED) is 0.549. The molecule has 1 rings (SSSR count). The maximum absolute atomic E-state index is 5.69. The van der Waals surface area contributed by atoms with Gasteiger partial charge in [0.15, 0.2) is 0 Å². The molecular weight excluding hydrogens is 216 g/mol. The van der Waals surface area contributed by atoms with Gasteiger partial charge in [-0.2, -0.15) is 5.10 Å². The average molecular weight is 240 g/mol. The van der Waals surface area contributed by atoms with Crippen LogP contribution in [0.25, 0.3) is 0 Å². The molecule has 2 atom stereocenters. The van der Waals surface area contributed by atoms with Crippen molar-refractivity contribution >= 4 is 0 Å². The molecule has 1 aromatic rings. The molecular formula is C12H24N4O. The van der Waals surface area contributed by atoms with Gasteiger partial charge < -0.3 is 4.74 Å². The summed E-state index contributed by atoms with van der Waals surface area (Å²) in [5.74, 6) is 5.62. The van der Waals surface area contributed by atoms with Crippen LogP contribution in [0.4, 0.5) is 0 Å². The number of aromatic nitrogens is 2. The summed E-state index contributed by atoms with van der Waals surface area (Å²) >= 11 is 0. The first-order valence-corrected chi connectivity index (χ1v) is 6.19.